The standard InChI is InChI=1S/C37H28INO7/c1-18-14-28(40)26-17-25-23(30(32(26)33(18)41)21-15-27(38)35(43)29(16-21)46-2)12-13-24-31(25)37(45)39(36(24)44)22-10-8-20(9-11-22)34(42)19-6-4-3-5-7-19/h3-12,14-16,24-25,30-31,43H,13,17H2,1-2H3/t24-,25+,30-,31-/m0/s1. The van der Waals surface area contributed by atoms with Gasteiger partial charge in [-0.15, -0.1) is 0 Å². The van der Waals surface area contributed by atoms with Crippen LogP contribution in [0.4, 0.5) is 5.69 Å². The van der Waals surface area contributed by atoms with Crippen molar-refractivity contribution in [3.05, 3.63) is 121 Å². The molecule has 1 heterocycles. The van der Waals surface area contributed by atoms with Gasteiger partial charge in [0.15, 0.2) is 28.8 Å². The molecular weight excluding hydrogens is 697 g/mol. The Labute approximate surface area is 278 Å². The maximum Gasteiger partial charge on any atom is 0.238 e. The molecule has 0 aromatic heterocycles. The molecule has 0 saturated carbocycles. The second-order valence-corrected chi connectivity index (χ2v) is 13.2. The van der Waals surface area contributed by atoms with Crippen molar-refractivity contribution in [1.29, 1.82) is 0 Å². The van der Waals surface area contributed by atoms with E-state index in [-0.39, 0.29) is 47.1 Å². The fourth-order valence-corrected chi connectivity index (χ4v) is 8.05. The number of amides is 2. The second-order valence-electron chi connectivity index (χ2n) is 12.0. The molecule has 4 aliphatic rings. The lowest BCUT2D eigenvalue weighted by Gasteiger charge is -2.42. The molecule has 9 heteroatoms. The number of nitrogens with zero attached hydrogens (tertiary/aromatic N) is 1. The Morgan fingerprint density at radius 3 is 2.33 bits per heavy atom. The van der Waals surface area contributed by atoms with Crippen LogP contribution in [0.5, 0.6) is 11.5 Å². The van der Waals surface area contributed by atoms with Crippen LogP contribution in [0.2, 0.25) is 0 Å². The molecule has 3 aliphatic carbocycles. The molecule has 1 saturated heterocycles. The number of methoxy groups -OCH3 is 1. The highest BCUT2D eigenvalue weighted by Crippen LogP contribution is 2.56. The van der Waals surface area contributed by atoms with Gasteiger partial charge >= 0.3 is 0 Å². The van der Waals surface area contributed by atoms with Crippen molar-refractivity contribution >= 4 is 57.4 Å². The van der Waals surface area contributed by atoms with E-state index < -0.39 is 23.7 Å². The van der Waals surface area contributed by atoms with Gasteiger partial charge in [0.05, 0.1) is 28.2 Å². The minimum Gasteiger partial charge on any atom is -0.504 e. The van der Waals surface area contributed by atoms with Crippen molar-refractivity contribution in [2.45, 2.75) is 25.7 Å². The predicted octanol–water partition coefficient (Wildman–Crippen LogP) is 5.87. The minimum atomic E-state index is -0.734. The number of carbonyl (C=O) groups excluding carboxylic acids is 5. The zero-order valence-electron chi connectivity index (χ0n) is 25.0. The summed E-state index contributed by atoms with van der Waals surface area (Å²) in [5, 5.41) is 10.6. The normalized spacial score (nSPS) is 23.8. The fraction of sp³-hybridized carbons (Fsp3) is 0.216. The van der Waals surface area contributed by atoms with Crippen LogP contribution in [-0.2, 0) is 19.2 Å². The molecule has 2 amide bonds. The molecule has 230 valence electrons. The minimum absolute atomic E-state index is 0.0306. The molecule has 46 heavy (non-hydrogen) atoms. The van der Waals surface area contributed by atoms with Gasteiger partial charge < -0.3 is 9.84 Å². The number of ketones is 3. The molecule has 0 bridgehead atoms. The average Bonchev–Trinajstić information content (AvgIpc) is 3.33. The van der Waals surface area contributed by atoms with Gasteiger partial charge in [0.1, 0.15) is 0 Å². The van der Waals surface area contributed by atoms with E-state index in [1.165, 1.54) is 18.1 Å². The number of rotatable bonds is 5. The van der Waals surface area contributed by atoms with E-state index in [1.807, 2.05) is 34.7 Å². The number of phenolic OH excluding ortho intramolecular Hbond substituents is 1. The molecule has 1 N–H and O–H groups in total. The Morgan fingerprint density at radius 2 is 1.63 bits per heavy atom. The van der Waals surface area contributed by atoms with Crippen molar-refractivity contribution in [3.8, 4) is 11.5 Å². The number of ether oxygens (including phenoxy) is 1. The topological polar surface area (TPSA) is 118 Å². The number of anilines is 1. The summed E-state index contributed by atoms with van der Waals surface area (Å²) in [7, 11) is 1.44. The lowest BCUT2D eigenvalue weighted by Crippen LogP contribution is -2.39. The first-order chi connectivity index (χ1) is 22.1. The number of carbonyl (C=O) groups is 5. The molecule has 8 nitrogen and oxygen atoms in total. The average molecular weight is 726 g/mol. The van der Waals surface area contributed by atoms with Crippen LogP contribution >= 0.6 is 22.6 Å². The van der Waals surface area contributed by atoms with Crippen LogP contribution in [-0.4, -0.2) is 41.4 Å². The van der Waals surface area contributed by atoms with Crippen LogP contribution in [0.25, 0.3) is 0 Å². The molecule has 0 radical (unpaired) electrons. The Kier molecular flexibility index (Phi) is 7.38. The van der Waals surface area contributed by atoms with Gasteiger partial charge in [0, 0.05) is 33.8 Å². The number of fused-ring (bicyclic) bond motifs is 3. The number of imide groups is 1. The highest BCUT2D eigenvalue weighted by atomic mass is 127. The first kappa shape index (κ1) is 30.0. The first-order valence-electron chi connectivity index (χ1n) is 14.9. The number of allylic oxidation sites excluding steroid dienone is 6. The van der Waals surface area contributed by atoms with Crippen molar-refractivity contribution < 1.29 is 33.8 Å². The lowest BCUT2D eigenvalue weighted by molar-refractivity contribution is -0.123. The van der Waals surface area contributed by atoms with Crippen molar-refractivity contribution in [2.24, 2.45) is 17.8 Å². The largest absolute Gasteiger partial charge is 0.504 e. The summed E-state index contributed by atoms with van der Waals surface area (Å²) >= 11 is 2.00. The number of halogens is 1. The molecule has 0 spiro atoms. The van der Waals surface area contributed by atoms with Gasteiger partial charge in [-0.05, 0) is 96.3 Å². The molecule has 1 fully saturated rings. The first-order valence-corrected chi connectivity index (χ1v) is 16.0. The number of hydrogen-bond acceptors (Lipinski definition) is 7. The Hall–Kier alpha value is -4.64. The van der Waals surface area contributed by atoms with E-state index in [0.29, 0.717) is 49.1 Å². The summed E-state index contributed by atoms with van der Waals surface area (Å²) in [6.45, 7) is 1.62. The van der Waals surface area contributed by atoms with Gasteiger partial charge in [-0.25, -0.2) is 0 Å². The fourth-order valence-electron chi connectivity index (χ4n) is 7.43. The number of hydrogen-bond donors (Lipinski definition) is 1. The van der Waals surface area contributed by atoms with Crippen molar-refractivity contribution in [3.63, 3.8) is 0 Å². The number of aromatic hydroxyl groups is 1. The monoisotopic (exact) mass is 725 g/mol. The number of Topliss-reactive ketones (excluding diaryl/α,β-unsaturated/α-hetero) is 1. The van der Waals surface area contributed by atoms with Gasteiger partial charge in [-0.3, -0.25) is 28.9 Å². The second kappa shape index (κ2) is 11.3. The lowest BCUT2D eigenvalue weighted by atomic mass is 9.59. The third kappa shape index (κ3) is 4.59. The number of benzene rings is 3. The summed E-state index contributed by atoms with van der Waals surface area (Å²) in [6.07, 6.45) is 3.76. The van der Waals surface area contributed by atoms with Gasteiger partial charge in [-0.1, -0.05) is 42.0 Å². The van der Waals surface area contributed by atoms with Gasteiger partial charge in [0.25, 0.3) is 0 Å². The zero-order chi connectivity index (χ0) is 32.4. The molecule has 3 aromatic carbocycles. The Balaban J connectivity index is 1.27. The quantitative estimate of drug-likeness (QED) is 0.115. The van der Waals surface area contributed by atoms with Gasteiger partial charge in [0.2, 0.25) is 11.8 Å². The molecule has 1 aliphatic heterocycles. The molecular formula is C37H28INO7. The zero-order valence-corrected chi connectivity index (χ0v) is 27.1. The maximum atomic E-state index is 14.2. The highest BCUT2D eigenvalue weighted by molar-refractivity contribution is 14.1. The molecule has 4 atom stereocenters. The Morgan fingerprint density at radius 1 is 0.935 bits per heavy atom. The summed E-state index contributed by atoms with van der Waals surface area (Å²) in [4.78, 5) is 69.3. The van der Waals surface area contributed by atoms with E-state index in [9.17, 15) is 29.1 Å². The van der Waals surface area contributed by atoms with E-state index >= 15 is 0 Å². The van der Waals surface area contributed by atoms with Gasteiger partial charge in [-0.2, -0.15) is 0 Å². The Bertz CT molecular complexity index is 1970. The van der Waals surface area contributed by atoms with Crippen molar-refractivity contribution in [1.82, 2.24) is 0 Å². The smallest absolute Gasteiger partial charge is 0.238 e. The van der Waals surface area contributed by atoms with E-state index in [4.69, 9.17) is 4.74 Å². The third-order valence-corrected chi connectivity index (χ3v) is 10.4. The van der Waals surface area contributed by atoms with Crippen LogP contribution in [0, 0.1) is 21.3 Å². The summed E-state index contributed by atoms with van der Waals surface area (Å²) in [5.41, 5.74) is 3.89. The van der Waals surface area contributed by atoms with E-state index in [2.05, 4.69) is 0 Å². The summed E-state index contributed by atoms with van der Waals surface area (Å²) in [6, 6.07) is 18.8. The SMILES string of the molecule is COc1cc([C@H]2C3=CC[C@@H]4C(=O)N(c5ccc(C(=O)c6ccccc6)cc5)C(=O)[C@@H]4[C@@H]3CC3=C2C(=O)C(C)=CC3=O)cc(I)c1O. The van der Waals surface area contributed by atoms with E-state index in [1.54, 1.807) is 67.6 Å². The molecule has 0 unspecified atom stereocenters. The van der Waals surface area contributed by atoms with Crippen LogP contribution < -0.4 is 9.64 Å². The summed E-state index contributed by atoms with van der Waals surface area (Å²) < 4.78 is 5.94. The molecule has 3 aromatic rings. The van der Waals surface area contributed by atoms with Crippen LogP contribution in [0.15, 0.2) is 101 Å². The predicted molar refractivity (Wildman–Crippen MR) is 178 cm³/mol. The maximum absolute atomic E-state index is 14.2. The van der Waals surface area contributed by atoms with Crippen molar-refractivity contribution in [2.75, 3.05) is 12.0 Å². The number of phenols is 1. The van der Waals surface area contributed by atoms with Crippen LogP contribution in [0.3, 0.4) is 0 Å². The molecule has 7 rings (SSSR count). The highest BCUT2D eigenvalue weighted by Gasteiger charge is 2.56. The van der Waals surface area contributed by atoms with Crippen LogP contribution in [0.1, 0.15) is 47.2 Å². The van der Waals surface area contributed by atoms with E-state index in [0.717, 1.165) is 5.57 Å². The third-order valence-electron chi connectivity index (χ3n) is 9.59. The summed E-state index contributed by atoms with van der Waals surface area (Å²) in [5.74, 6) is -3.68.